The van der Waals surface area contributed by atoms with Crippen LogP contribution >= 0.6 is 0 Å². The van der Waals surface area contributed by atoms with Crippen molar-refractivity contribution in [3.63, 3.8) is 0 Å². The van der Waals surface area contributed by atoms with Crippen LogP contribution in [-0.2, 0) is 9.53 Å². The number of fused-ring (bicyclic) bond motifs is 3. The number of benzene rings is 2. The number of aliphatic carboxylic acids is 1. The fourth-order valence-electron chi connectivity index (χ4n) is 5.26. The van der Waals surface area contributed by atoms with E-state index in [1.807, 2.05) is 24.3 Å². The van der Waals surface area contributed by atoms with Crippen LogP contribution in [0.2, 0.25) is 0 Å². The second kappa shape index (κ2) is 6.36. The van der Waals surface area contributed by atoms with E-state index in [-0.39, 0.29) is 17.3 Å². The van der Waals surface area contributed by atoms with Gasteiger partial charge in [-0.2, -0.15) is 0 Å². The average molecular weight is 377 g/mol. The molecular formula is C23H23NO4. The molecule has 0 heterocycles. The van der Waals surface area contributed by atoms with Crippen molar-refractivity contribution in [2.75, 3.05) is 13.2 Å². The summed E-state index contributed by atoms with van der Waals surface area (Å²) < 4.78 is 5.54. The van der Waals surface area contributed by atoms with Crippen molar-refractivity contribution in [3.05, 3.63) is 59.7 Å². The molecule has 1 unspecified atom stereocenters. The molecule has 0 saturated heterocycles. The summed E-state index contributed by atoms with van der Waals surface area (Å²) in [6, 6.07) is 16.5. The molecule has 1 spiro atoms. The lowest BCUT2D eigenvalue weighted by atomic mass is 9.70. The van der Waals surface area contributed by atoms with Gasteiger partial charge >= 0.3 is 12.1 Å². The summed E-state index contributed by atoms with van der Waals surface area (Å²) in [5.74, 6) is -0.418. The number of carboxylic acids is 1. The van der Waals surface area contributed by atoms with Gasteiger partial charge in [0.1, 0.15) is 6.61 Å². The molecule has 3 aliphatic carbocycles. The molecule has 1 atom stereocenters. The summed E-state index contributed by atoms with van der Waals surface area (Å²) in [4.78, 5) is 23.2. The maximum Gasteiger partial charge on any atom is 0.407 e. The van der Waals surface area contributed by atoms with Crippen LogP contribution < -0.4 is 5.32 Å². The number of rotatable bonds is 5. The molecule has 0 radical (unpaired) electrons. The standard InChI is InChI=1S/C23H23NO4/c25-21(26)20-11-23(20)9-14(10-23)12-24-22(27)28-13-19-17-7-3-1-5-15(17)16-6-2-4-8-18(16)19/h1-8,14,19-20H,9-13H2,(H,24,27)(H,25,26). The molecule has 2 N–H and O–H groups in total. The lowest BCUT2D eigenvalue weighted by Crippen LogP contribution is -2.38. The van der Waals surface area contributed by atoms with E-state index in [9.17, 15) is 9.59 Å². The zero-order chi connectivity index (χ0) is 19.3. The highest BCUT2D eigenvalue weighted by molar-refractivity contribution is 5.79. The number of amides is 1. The van der Waals surface area contributed by atoms with E-state index in [1.165, 1.54) is 22.3 Å². The first-order chi connectivity index (χ1) is 13.6. The number of hydrogen-bond acceptors (Lipinski definition) is 3. The van der Waals surface area contributed by atoms with Crippen molar-refractivity contribution in [2.24, 2.45) is 17.3 Å². The Bertz CT molecular complexity index is 902. The van der Waals surface area contributed by atoms with Crippen LogP contribution in [-0.4, -0.2) is 30.3 Å². The number of hydrogen-bond donors (Lipinski definition) is 2. The number of nitrogens with one attached hydrogen (secondary N) is 1. The first-order valence-electron chi connectivity index (χ1n) is 9.89. The second-order valence-corrected chi connectivity index (χ2v) is 8.44. The monoisotopic (exact) mass is 377 g/mol. The summed E-state index contributed by atoms with van der Waals surface area (Å²) in [7, 11) is 0. The normalized spacial score (nSPS) is 26.9. The largest absolute Gasteiger partial charge is 0.481 e. The van der Waals surface area contributed by atoms with Gasteiger partial charge in [0.2, 0.25) is 0 Å². The minimum absolute atomic E-state index is 0.0271. The van der Waals surface area contributed by atoms with Crippen LogP contribution in [0.1, 0.15) is 36.3 Å². The van der Waals surface area contributed by atoms with Crippen LogP contribution in [0.5, 0.6) is 0 Å². The summed E-state index contributed by atoms with van der Waals surface area (Å²) >= 11 is 0. The molecule has 2 aromatic rings. The topological polar surface area (TPSA) is 75.6 Å². The molecule has 5 rings (SSSR count). The number of carboxylic acid groups (broad SMARTS) is 1. The predicted molar refractivity (Wildman–Crippen MR) is 104 cm³/mol. The Balaban J connectivity index is 1.14. The third-order valence-electron chi connectivity index (χ3n) is 6.76. The zero-order valence-corrected chi connectivity index (χ0v) is 15.6. The van der Waals surface area contributed by atoms with Crippen LogP contribution in [0.15, 0.2) is 48.5 Å². The maximum atomic E-state index is 12.2. The van der Waals surface area contributed by atoms with E-state index in [4.69, 9.17) is 9.84 Å². The van der Waals surface area contributed by atoms with Gasteiger partial charge in [-0.1, -0.05) is 48.5 Å². The molecule has 5 heteroatoms. The highest BCUT2D eigenvalue weighted by atomic mass is 16.5. The molecule has 144 valence electrons. The zero-order valence-electron chi connectivity index (χ0n) is 15.6. The molecule has 28 heavy (non-hydrogen) atoms. The van der Waals surface area contributed by atoms with Gasteiger partial charge in [-0.25, -0.2) is 4.79 Å². The van der Waals surface area contributed by atoms with Crippen LogP contribution in [0.25, 0.3) is 11.1 Å². The van der Waals surface area contributed by atoms with E-state index in [0.29, 0.717) is 19.1 Å². The summed E-state index contributed by atoms with van der Waals surface area (Å²) in [5, 5.41) is 11.9. The molecule has 2 aromatic carbocycles. The highest BCUT2D eigenvalue weighted by Gasteiger charge is 2.64. The molecule has 1 amide bonds. The minimum Gasteiger partial charge on any atom is -0.481 e. The molecule has 0 bridgehead atoms. The summed E-state index contributed by atoms with van der Waals surface area (Å²) in [6.45, 7) is 0.875. The van der Waals surface area contributed by atoms with E-state index < -0.39 is 12.1 Å². The molecular weight excluding hydrogens is 354 g/mol. The van der Waals surface area contributed by atoms with Gasteiger partial charge in [0.15, 0.2) is 0 Å². The molecule has 2 fully saturated rings. The van der Waals surface area contributed by atoms with Gasteiger partial charge in [0.25, 0.3) is 0 Å². The first kappa shape index (κ1) is 17.3. The number of carbonyl (C=O) groups is 2. The Morgan fingerprint density at radius 2 is 1.61 bits per heavy atom. The third kappa shape index (κ3) is 2.77. The van der Waals surface area contributed by atoms with Gasteiger partial charge < -0.3 is 15.2 Å². The van der Waals surface area contributed by atoms with Crippen molar-refractivity contribution in [2.45, 2.75) is 25.2 Å². The van der Waals surface area contributed by atoms with Crippen LogP contribution in [0, 0.1) is 17.3 Å². The third-order valence-corrected chi connectivity index (χ3v) is 6.76. The van der Waals surface area contributed by atoms with E-state index >= 15 is 0 Å². The minimum atomic E-state index is -0.678. The average Bonchev–Trinajstić information content (AvgIpc) is 3.35. The van der Waals surface area contributed by atoms with E-state index in [0.717, 1.165) is 19.3 Å². The van der Waals surface area contributed by atoms with Crippen molar-refractivity contribution in [3.8, 4) is 11.1 Å². The smallest absolute Gasteiger partial charge is 0.407 e. The van der Waals surface area contributed by atoms with Crippen LogP contribution in [0.3, 0.4) is 0 Å². The Morgan fingerprint density at radius 3 is 2.18 bits per heavy atom. The van der Waals surface area contributed by atoms with Gasteiger partial charge in [-0.05, 0) is 52.8 Å². The molecule has 5 nitrogen and oxygen atoms in total. The van der Waals surface area contributed by atoms with Gasteiger partial charge in [-0.15, -0.1) is 0 Å². The van der Waals surface area contributed by atoms with E-state index in [2.05, 4.69) is 29.6 Å². The molecule has 0 aromatic heterocycles. The Morgan fingerprint density at radius 1 is 1.00 bits per heavy atom. The number of carbonyl (C=O) groups excluding carboxylic acids is 1. The number of alkyl carbamates (subject to hydrolysis) is 1. The first-order valence-corrected chi connectivity index (χ1v) is 9.89. The molecule has 3 aliphatic rings. The van der Waals surface area contributed by atoms with Crippen molar-refractivity contribution >= 4 is 12.1 Å². The Kier molecular flexibility index (Phi) is 3.93. The predicted octanol–water partition coefficient (Wildman–Crippen LogP) is 4.03. The summed E-state index contributed by atoms with van der Waals surface area (Å²) in [6.07, 6.45) is 2.19. The van der Waals surface area contributed by atoms with Gasteiger partial charge in [0, 0.05) is 12.5 Å². The van der Waals surface area contributed by atoms with E-state index in [1.54, 1.807) is 0 Å². The van der Waals surface area contributed by atoms with Crippen molar-refractivity contribution in [1.29, 1.82) is 0 Å². The molecule has 2 saturated carbocycles. The summed E-state index contributed by atoms with van der Waals surface area (Å²) in [5.41, 5.74) is 4.85. The second-order valence-electron chi connectivity index (χ2n) is 8.44. The maximum absolute atomic E-state index is 12.2. The van der Waals surface area contributed by atoms with Crippen LogP contribution in [0.4, 0.5) is 4.79 Å². The lowest BCUT2D eigenvalue weighted by Gasteiger charge is -2.36. The van der Waals surface area contributed by atoms with Gasteiger partial charge in [0.05, 0.1) is 5.92 Å². The van der Waals surface area contributed by atoms with Crippen molar-refractivity contribution < 1.29 is 19.4 Å². The fraction of sp³-hybridized carbons (Fsp3) is 0.391. The van der Waals surface area contributed by atoms with Crippen molar-refractivity contribution in [1.82, 2.24) is 5.32 Å². The SMILES string of the molecule is O=C(NCC1CC2(C1)CC2C(=O)O)OCC1c2ccccc2-c2ccccc21. The Labute approximate surface area is 163 Å². The lowest BCUT2D eigenvalue weighted by molar-refractivity contribution is -0.140. The number of ether oxygens (including phenoxy) is 1. The Hall–Kier alpha value is -2.82. The fourth-order valence-corrected chi connectivity index (χ4v) is 5.26. The highest BCUT2D eigenvalue weighted by Crippen LogP contribution is 2.67. The van der Waals surface area contributed by atoms with Gasteiger partial charge in [-0.3, -0.25) is 4.79 Å². The quantitative estimate of drug-likeness (QED) is 0.825. The molecule has 0 aliphatic heterocycles.